The van der Waals surface area contributed by atoms with Crippen LogP contribution in [0.15, 0.2) is 54.6 Å². The molecule has 1 aromatic heterocycles. The normalized spacial score (nSPS) is 16.2. The topological polar surface area (TPSA) is 101 Å². The van der Waals surface area contributed by atoms with Crippen LogP contribution in [0.2, 0.25) is 0 Å². The number of nitrogens with one attached hydrogen (secondary N) is 2. The fraction of sp³-hybridized carbons (Fsp3) is 0.105. The van der Waals surface area contributed by atoms with Gasteiger partial charge in [0.2, 0.25) is 11.8 Å². The smallest absolute Gasteiger partial charge is 0.248 e. The lowest BCUT2D eigenvalue weighted by atomic mass is 9.84. The molecule has 1 aliphatic rings. The summed E-state index contributed by atoms with van der Waals surface area (Å²) in [5.74, 6) is -0.136. The van der Waals surface area contributed by atoms with Gasteiger partial charge < -0.3 is 11.1 Å². The standard InChI is InChI=1S/C19H16N4O2/c20-18(25)13-8-6-11(7-9-13)14-10-15(24)21-19-16(14)17(22-23-19)12-4-2-1-3-5-12/h1-9,14H,10H2,(H2,20,25)(H2,21,22,23,24). The summed E-state index contributed by atoms with van der Waals surface area (Å²) in [6.45, 7) is 0. The Morgan fingerprint density at radius 1 is 1.08 bits per heavy atom. The van der Waals surface area contributed by atoms with Crippen molar-refractivity contribution in [3.63, 3.8) is 0 Å². The molecule has 3 aromatic rings. The summed E-state index contributed by atoms with van der Waals surface area (Å²) >= 11 is 0. The lowest BCUT2D eigenvalue weighted by Crippen LogP contribution is -2.23. The number of hydrogen-bond acceptors (Lipinski definition) is 3. The number of aromatic amines is 1. The lowest BCUT2D eigenvalue weighted by molar-refractivity contribution is -0.116. The molecule has 4 N–H and O–H groups in total. The molecule has 0 fully saturated rings. The summed E-state index contributed by atoms with van der Waals surface area (Å²) in [6, 6.07) is 16.9. The SMILES string of the molecule is NC(=O)c1ccc(C2CC(=O)Nc3n[nH]c(-c4ccccc4)c32)cc1. The molecule has 25 heavy (non-hydrogen) atoms. The number of fused-ring (bicyclic) bond motifs is 1. The molecule has 0 saturated heterocycles. The first kappa shape index (κ1) is 15.1. The van der Waals surface area contributed by atoms with E-state index in [2.05, 4.69) is 15.5 Å². The van der Waals surface area contributed by atoms with E-state index < -0.39 is 5.91 Å². The number of nitrogens with two attached hydrogens (primary N) is 1. The van der Waals surface area contributed by atoms with Crippen molar-refractivity contribution in [1.82, 2.24) is 10.2 Å². The van der Waals surface area contributed by atoms with Crippen LogP contribution in [-0.4, -0.2) is 22.0 Å². The van der Waals surface area contributed by atoms with E-state index in [0.717, 1.165) is 22.4 Å². The first-order valence-corrected chi connectivity index (χ1v) is 7.97. The van der Waals surface area contributed by atoms with Crippen LogP contribution in [0.1, 0.15) is 33.8 Å². The highest BCUT2D eigenvalue weighted by atomic mass is 16.2. The van der Waals surface area contributed by atoms with E-state index in [4.69, 9.17) is 5.73 Å². The Hall–Kier alpha value is -3.41. The molecule has 0 aliphatic carbocycles. The fourth-order valence-electron chi connectivity index (χ4n) is 3.24. The maximum atomic E-state index is 12.1. The molecule has 6 heteroatoms. The van der Waals surface area contributed by atoms with Crippen molar-refractivity contribution in [3.8, 4) is 11.3 Å². The van der Waals surface area contributed by atoms with E-state index in [1.165, 1.54) is 0 Å². The second-order valence-corrected chi connectivity index (χ2v) is 6.02. The quantitative estimate of drug-likeness (QED) is 0.687. The molecule has 124 valence electrons. The molecule has 2 heterocycles. The lowest BCUT2D eigenvalue weighted by Gasteiger charge is -2.23. The monoisotopic (exact) mass is 332 g/mol. The van der Waals surface area contributed by atoms with E-state index >= 15 is 0 Å². The molecular formula is C19H16N4O2. The van der Waals surface area contributed by atoms with Gasteiger partial charge in [0.25, 0.3) is 0 Å². The van der Waals surface area contributed by atoms with Gasteiger partial charge in [-0.15, -0.1) is 0 Å². The van der Waals surface area contributed by atoms with Crippen LogP contribution in [-0.2, 0) is 4.79 Å². The van der Waals surface area contributed by atoms with E-state index in [-0.39, 0.29) is 11.8 Å². The van der Waals surface area contributed by atoms with Crippen LogP contribution in [0.3, 0.4) is 0 Å². The molecule has 1 aliphatic heterocycles. The minimum atomic E-state index is -0.470. The van der Waals surface area contributed by atoms with Crippen LogP contribution in [0.4, 0.5) is 5.82 Å². The van der Waals surface area contributed by atoms with Gasteiger partial charge in [0.15, 0.2) is 5.82 Å². The largest absolute Gasteiger partial charge is 0.366 e. The van der Waals surface area contributed by atoms with Gasteiger partial charge in [0.1, 0.15) is 0 Å². The summed E-state index contributed by atoms with van der Waals surface area (Å²) in [5.41, 5.74) is 9.55. The number of hydrogen-bond donors (Lipinski definition) is 3. The average Bonchev–Trinajstić information content (AvgIpc) is 3.05. The summed E-state index contributed by atoms with van der Waals surface area (Å²) in [5, 5.41) is 10.1. The van der Waals surface area contributed by atoms with E-state index in [0.29, 0.717) is 17.8 Å². The summed E-state index contributed by atoms with van der Waals surface area (Å²) < 4.78 is 0. The number of primary amides is 1. The minimum absolute atomic E-state index is 0.0809. The number of H-pyrrole nitrogens is 1. The van der Waals surface area contributed by atoms with Gasteiger partial charge in [-0.1, -0.05) is 42.5 Å². The minimum Gasteiger partial charge on any atom is -0.366 e. The Morgan fingerprint density at radius 3 is 2.48 bits per heavy atom. The Balaban J connectivity index is 1.82. The molecule has 0 spiro atoms. The van der Waals surface area contributed by atoms with E-state index in [9.17, 15) is 9.59 Å². The fourth-order valence-corrected chi connectivity index (χ4v) is 3.24. The number of rotatable bonds is 3. The molecule has 4 rings (SSSR count). The van der Waals surface area contributed by atoms with Gasteiger partial charge in [-0.3, -0.25) is 14.7 Å². The maximum Gasteiger partial charge on any atom is 0.248 e. The van der Waals surface area contributed by atoms with Crippen molar-refractivity contribution in [2.45, 2.75) is 12.3 Å². The highest BCUT2D eigenvalue weighted by Crippen LogP contribution is 2.41. The number of nitrogens with zero attached hydrogens (tertiary/aromatic N) is 1. The van der Waals surface area contributed by atoms with Crippen LogP contribution in [0, 0.1) is 0 Å². The van der Waals surface area contributed by atoms with Crippen LogP contribution < -0.4 is 11.1 Å². The number of amides is 2. The van der Waals surface area contributed by atoms with Crippen molar-refractivity contribution in [2.24, 2.45) is 5.73 Å². The average molecular weight is 332 g/mol. The third-order valence-electron chi connectivity index (χ3n) is 4.46. The van der Waals surface area contributed by atoms with Gasteiger partial charge in [0, 0.05) is 23.5 Å². The maximum absolute atomic E-state index is 12.1. The first-order valence-electron chi connectivity index (χ1n) is 7.97. The summed E-state index contributed by atoms with van der Waals surface area (Å²) in [6.07, 6.45) is 0.322. The molecule has 1 atom stereocenters. The molecule has 1 unspecified atom stereocenters. The molecule has 0 radical (unpaired) electrons. The number of carbonyl (C=O) groups excluding carboxylic acids is 2. The number of aromatic nitrogens is 2. The van der Waals surface area contributed by atoms with E-state index in [1.54, 1.807) is 12.1 Å². The third-order valence-corrected chi connectivity index (χ3v) is 4.46. The molecular weight excluding hydrogens is 316 g/mol. The Labute approximate surface area is 144 Å². The highest BCUT2D eigenvalue weighted by molar-refractivity contribution is 5.96. The van der Waals surface area contributed by atoms with Crippen LogP contribution in [0.25, 0.3) is 11.3 Å². The Bertz CT molecular complexity index is 945. The molecule has 0 bridgehead atoms. The second kappa shape index (κ2) is 5.90. The first-order chi connectivity index (χ1) is 12.1. The van der Waals surface area contributed by atoms with Crippen molar-refractivity contribution >= 4 is 17.6 Å². The zero-order valence-corrected chi connectivity index (χ0v) is 13.3. The Kier molecular flexibility index (Phi) is 3.57. The summed E-state index contributed by atoms with van der Waals surface area (Å²) in [7, 11) is 0. The zero-order valence-electron chi connectivity index (χ0n) is 13.3. The van der Waals surface area contributed by atoms with Gasteiger partial charge in [-0.05, 0) is 23.3 Å². The van der Waals surface area contributed by atoms with Gasteiger partial charge in [-0.2, -0.15) is 5.10 Å². The van der Waals surface area contributed by atoms with Crippen molar-refractivity contribution in [1.29, 1.82) is 0 Å². The second-order valence-electron chi connectivity index (χ2n) is 6.02. The molecule has 0 saturated carbocycles. The van der Waals surface area contributed by atoms with Gasteiger partial charge in [-0.25, -0.2) is 0 Å². The molecule has 2 amide bonds. The van der Waals surface area contributed by atoms with Gasteiger partial charge in [0.05, 0.1) is 5.69 Å². The van der Waals surface area contributed by atoms with Crippen molar-refractivity contribution in [3.05, 3.63) is 71.3 Å². The number of carbonyl (C=O) groups is 2. The van der Waals surface area contributed by atoms with Crippen LogP contribution in [0.5, 0.6) is 0 Å². The molecule has 6 nitrogen and oxygen atoms in total. The zero-order chi connectivity index (χ0) is 17.4. The highest BCUT2D eigenvalue weighted by Gasteiger charge is 2.31. The molecule has 2 aromatic carbocycles. The number of anilines is 1. The number of benzene rings is 2. The summed E-state index contributed by atoms with van der Waals surface area (Å²) in [4.78, 5) is 23.4. The predicted octanol–water partition coefficient (Wildman–Crippen LogP) is 2.65. The third kappa shape index (κ3) is 2.67. The van der Waals surface area contributed by atoms with E-state index in [1.807, 2.05) is 42.5 Å². The van der Waals surface area contributed by atoms with Crippen molar-refractivity contribution < 1.29 is 9.59 Å². The van der Waals surface area contributed by atoms with Crippen molar-refractivity contribution in [2.75, 3.05) is 5.32 Å². The predicted molar refractivity (Wildman–Crippen MR) is 94.1 cm³/mol. The van der Waals surface area contributed by atoms with Crippen LogP contribution >= 0.6 is 0 Å². The van der Waals surface area contributed by atoms with Gasteiger partial charge >= 0.3 is 0 Å². The Morgan fingerprint density at radius 2 is 1.80 bits per heavy atom.